The zero-order valence-electron chi connectivity index (χ0n) is 8.83. The lowest BCUT2D eigenvalue weighted by Crippen LogP contribution is -2.20. The Kier molecular flexibility index (Phi) is 4.62. The first-order valence-electron chi connectivity index (χ1n) is 4.81. The molecule has 0 aliphatic heterocycles. The molecule has 0 spiro atoms. The van der Waals surface area contributed by atoms with Crippen LogP contribution in [0.3, 0.4) is 0 Å². The number of nitrogens with zero attached hydrogens (tertiary/aromatic N) is 3. The van der Waals surface area contributed by atoms with Crippen LogP contribution in [0.2, 0.25) is 0 Å². The van der Waals surface area contributed by atoms with Crippen molar-refractivity contribution in [3.05, 3.63) is 5.82 Å². The van der Waals surface area contributed by atoms with Crippen LogP contribution >= 0.6 is 23.1 Å². The smallest absolute Gasteiger partial charge is 0.204 e. The highest BCUT2D eigenvalue weighted by atomic mass is 35.5. The highest BCUT2D eigenvalue weighted by molar-refractivity contribution is 7.09. The molecule has 0 aliphatic carbocycles. The largest absolute Gasteiger partial charge is 0.350 e. The zero-order valence-corrected chi connectivity index (χ0v) is 10.4. The van der Waals surface area contributed by atoms with Gasteiger partial charge in [0.05, 0.1) is 0 Å². The Hall–Kier alpha value is -0.350. The van der Waals surface area contributed by atoms with Crippen molar-refractivity contribution in [3.8, 4) is 0 Å². The van der Waals surface area contributed by atoms with Crippen LogP contribution in [0.4, 0.5) is 5.13 Å². The molecule has 80 valence electrons. The van der Waals surface area contributed by atoms with E-state index in [0.29, 0.717) is 0 Å². The topological polar surface area (TPSA) is 29.0 Å². The lowest BCUT2D eigenvalue weighted by molar-refractivity contribution is 0.769. The molecule has 1 atom stereocenters. The van der Waals surface area contributed by atoms with Gasteiger partial charge in [0, 0.05) is 36.9 Å². The molecule has 14 heavy (non-hydrogen) atoms. The van der Waals surface area contributed by atoms with Gasteiger partial charge in [0.25, 0.3) is 0 Å². The van der Waals surface area contributed by atoms with E-state index in [2.05, 4.69) is 21.2 Å². The van der Waals surface area contributed by atoms with Crippen molar-refractivity contribution in [2.75, 3.05) is 18.5 Å². The van der Waals surface area contributed by atoms with Gasteiger partial charge in [-0.25, -0.2) is 4.98 Å². The third kappa shape index (κ3) is 3.42. The van der Waals surface area contributed by atoms with Gasteiger partial charge in [-0.3, -0.25) is 0 Å². The van der Waals surface area contributed by atoms with Gasteiger partial charge >= 0.3 is 0 Å². The maximum Gasteiger partial charge on any atom is 0.204 e. The van der Waals surface area contributed by atoms with E-state index < -0.39 is 0 Å². The SMILES string of the molecule is CCc1nsc(N(C)CCC(C)Cl)n1. The van der Waals surface area contributed by atoms with Crippen LogP contribution in [-0.4, -0.2) is 28.3 Å². The molecule has 0 aromatic carbocycles. The molecule has 0 amide bonds. The van der Waals surface area contributed by atoms with Gasteiger partial charge < -0.3 is 4.90 Å². The molecule has 0 fully saturated rings. The molecule has 5 heteroatoms. The third-order valence-electron chi connectivity index (χ3n) is 1.96. The summed E-state index contributed by atoms with van der Waals surface area (Å²) in [5.74, 6) is 0.927. The standard InChI is InChI=1S/C9H16ClN3S/c1-4-8-11-9(14-12-8)13(3)6-5-7(2)10/h7H,4-6H2,1-3H3. The predicted octanol–water partition coefficient (Wildman–Crippen LogP) is 2.55. The number of anilines is 1. The Labute approximate surface area is 94.3 Å². The van der Waals surface area contributed by atoms with Gasteiger partial charge in [-0.05, 0) is 13.3 Å². The maximum atomic E-state index is 5.88. The average Bonchev–Trinajstić information content (AvgIpc) is 2.62. The molecule has 1 rings (SSSR count). The van der Waals surface area contributed by atoms with Crippen molar-refractivity contribution < 1.29 is 0 Å². The van der Waals surface area contributed by atoms with E-state index in [9.17, 15) is 0 Å². The Morgan fingerprint density at radius 2 is 2.29 bits per heavy atom. The number of halogens is 1. The van der Waals surface area contributed by atoms with Gasteiger partial charge in [0.1, 0.15) is 5.82 Å². The second-order valence-corrected chi connectivity index (χ2v) is 4.81. The van der Waals surface area contributed by atoms with Crippen molar-refractivity contribution in [1.29, 1.82) is 0 Å². The predicted molar refractivity (Wildman–Crippen MR) is 62.5 cm³/mol. The average molecular weight is 234 g/mol. The molecule has 1 aromatic rings. The Morgan fingerprint density at radius 1 is 1.57 bits per heavy atom. The fourth-order valence-corrected chi connectivity index (χ4v) is 1.84. The van der Waals surface area contributed by atoms with E-state index >= 15 is 0 Å². The summed E-state index contributed by atoms with van der Waals surface area (Å²) in [7, 11) is 2.03. The zero-order chi connectivity index (χ0) is 10.6. The summed E-state index contributed by atoms with van der Waals surface area (Å²) in [6.45, 7) is 5.00. The van der Waals surface area contributed by atoms with Gasteiger partial charge in [-0.2, -0.15) is 4.37 Å². The van der Waals surface area contributed by atoms with E-state index in [1.165, 1.54) is 11.5 Å². The molecule has 1 aromatic heterocycles. The van der Waals surface area contributed by atoms with Crippen molar-refractivity contribution >= 4 is 28.3 Å². The van der Waals surface area contributed by atoms with Crippen LogP contribution in [0.25, 0.3) is 0 Å². The van der Waals surface area contributed by atoms with Crippen molar-refractivity contribution in [2.45, 2.75) is 32.1 Å². The van der Waals surface area contributed by atoms with E-state index in [4.69, 9.17) is 11.6 Å². The lowest BCUT2D eigenvalue weighted by Gasteiger charge is -2.15. The van der Waals surface area contributed by atoms with Gasteiger partial charge in [-0.1, -0.05) is 6.92 Å². The van der Waals surface area contributed by atoms with E-state index in [-0.39, 0.29) is 5.38 Å². The second-order valence-electron chi connectivity index (χ2n) is 3.34. The molecule has 0 saturated heterocycles. The first-order valence-corrected chi connectivity index (χ1v) is 6.02. The molecular formula is C9H16ClN3S. The highest BCUT2D eigenvalue weighted by Gasteiger charge is 2.08. The minimum absolute atomic E-state index is 0.219. The van der Waals surface area contributed by atoms with E-state index in [1.807, 2.05) is 14.0 Å². The van der Waals surface area contributed by atoms with Crippen molar-refractivity contribution in [2.24, 2.45) is 0 Å². The molecule has 0 saturated carbocycles. The summed E-state index contributed by atoms with van der Waals surface area (Å²) >= 11 is 7.34. The first kappa shape index (κ1) is 11.7. The number of aryl methyl sites for hydroxylation is 1. The molecule has 1 unspecified atom stereocenters. The van der Waals surface area contributed by atoms with Crippen LogP contribution in [-0.2, 0) is 6.42 Å². The van der Waals surface area contributed by atoms with Crippen molar-refractivity contribution in [1.82, 2.24) is 9.36 Å². The van der Waals surface area contributed by atoms with Crippen LogP contribution in [0.1, 0.15) is 26.1 Å². The Balaban J connectivity index is 2.47. The third-order valence-corrected chi connectivity index (χ3v) is 3.05. The molecule has 0 radical (unpaired) electrons. The Morgan fingerprint density at radius 3 is 2.79 bits per heavy atom. The van der Waals surface area contributed by atoms with Gasteiger partial charge in [0.15, 0.2) is 0 Å². The fraction of sp³-hybridized carbons (Fsp3) is 0.778. The summed E-state index contributed by atoms with van der Waals surface area (Å²) in [6, 6.07) is 0. The number of hydrogen-bond donors (Lipinski definition) is 0. The number of hydrogen-bond acceptors (Lipinski definition) is 4. The minimum Gasteiger partial charge on any atom is -0.350 e. The number of rotatable bonds is 5. The van der Waals surface area contributed by atoms with Gasteiger partial charge in [-0.15, -0.1) is 11.6 Å². The number of alkyl halides is 1. The molecule has 0 N–H and O–H groups in total. The van der Waals surface area contributed by atoms with Crippen LogP contribution in [0.5, 0.6) is 0 Å². The normalized spacial score (nSPS) is 12.9. The van der Waals surface area contributed by atoms with Crippen LogP contribution in [0, 0.1) is 0 Å². The van der Waals surface area contributed by atoms with Crippen LogP contribution in [0.15, 0.2) is 0 Å². The van der Waals surface area contributed by atoms with Crippen LogP contribution < -0.4 is 4.90 Å². The summed E-state index contributed by atoms with van der Waals surface area (Å²) in [5.41, 5.74) is 0. The quantitative estimate of drug-likeness (QED) is 0.732. The fourth-order valence-electron chi connectivity index (χ4n) is 1.01. The molecule has 0 aliphatic rings. The molecule has 3 nitrogen and oxygen atoms in total. The first-order chi connectivity index (χ1) is 6.63. The monoisotopic (exact) mass is 233 g/mol. The summed E-state index contributed by atoms with van der Waals surface area (Å²) in [6.07, 6.45) is 1.87. The minimum atomic E-state index is 0.219. The van der Waals surface area contributed by atoms with Crippen molar-refractivity contribution in [3.63, 3.8) is 0 Å². The Bertz CT molecular complexity index is 275. The molecule has 0 bridgehead atoms. The second kappa shape index (κ2) is 5.51. The van der Waals surface area contributed by atoms with E-state index in [0.717, 1.165) is 30.3 Å². The lowest BCUT2D eigenvalue weighted by atomic mass is 10.3. The summed E-state index contributed by atoms with van der Waals surface area (Å²) in [5, 5.41) is 1.20. The summed E-state index contributed by atoms with van der Waals surface area (Å²) < 4.78 is 4.24. The number of aromatic nitrogens is 2. The molecular weight excluding hydrogens is 218 g/mol. The van der Waals surface area contributed by atoms with Gasteiger partial charge in [0.2, 0.25) is 5.13 Å². The highest BCUT2D eigenvalue weighted by Crippen LogP contribution is 2.16. The molecule has 1 heterocycles. The summed E-state index contributed by atoms with van der Waals surface area (Å²) in [4.78, 5) is 6.50. The maximum absolute atomic E-state index is 5.88. The van der Waals surface area contributed by atoms with E-state index in [1.54, 1.807) is 0 Å².